The van der Waals surface area contributed by atoms with Gasteiger partial charge in [0.1, 0.15) is 5.00 Å². The highest BCUT2D eigenvalue weighted by atomic mass is 32.2. The van der Waals surface area contributed by atoms with E-state index in [1.807, 2.05) is 38.1 Å². The average Bonchev–Trinajstić information content (AvgIpc) is 3.16. The van der Waals surface area contributed by atoms with Crippen molar-refractivity contribution in [3.63, 3.8) is 0 Å². The van der Waals surface area contributed by atoms with Crippen LogP contribution in [-0.2, 0) is 22.4 Å². The summed E-state index contributed by atoms with van der Waals surface area (Å²) in [5.41, 5.74) is 2.47. The molecule has 3 amide bonds. The molecule has 1 aromatic carbocycles. The molecule has 0 bridgehead atoms. The fraction of sp³-hybridized carbons (Fsp3) is 0.458. The summed E-state index contributed by atoms with van der Waals surface area (Å²) in [7, 11) is 0. The van der Waals surface area contributed by atoms with Gasteiger partial charge in [-0.1, -0.05) is 30.8 Å². The molecule has 0 radical (unpaired) electrons. The predicted molar refractivity (Wildman–Crippen MR) is 131 cm³/mol. The minimum atomic E-state index is -1.31. The molecule has 0 saturated heterocycles. The Kier molecular flexibility index (Phi) is 6.62. The molecular weight excluding hydrogens is 442 g/mol. The Bertz CT molecular complexity index is 1060. The Morgan fingerprint density at radius 3 is 2.66 bits per heavy atom. The van der Waals surface area contributed by atoms with E-state index in [-0.39, 0.29) is 17.7 Å². The van der Waals surface area contributed by atoms with Gasteiger partial charge in [0.2, 0.25) is 0 Å². The Labute approximate surface area is 197 Å². The van der Waals surface area contributed by atoms with E-state index in [2.05, 4.69) is 10.6 Å². The normalized spacial score (nSPS) is 19.8. The van der Waals surface area contributed by atoms with Crippen LogP contribution in [0.1, 0.15) is 60.8 Å². The van der Waals surface area contributed by atoms with Crippen molar-refractivity contribution in [2.75, 3.05) is 23.3 Å². The van der Waals surface area contributed by atoms with Gasteiger partial charge in [-0.05, 0) is 63.6 Å². The summed E-state index contributed by atoms with van der Waals surface area (Å²) < 4.78 is -1.31. The van der Waals surface area contributed by atoms with Crippen LogP contribution in [0, 0.1) is 0 Å². The molecule has 170 valence electrons. The molecule has 8 heteroatoms. The van der Waals surface area contributed by atoms with Crippen LogP contribution in [-0.4, -0.2) is 35.6 Å². The minimum Gasteiger partial charge on any atom is -0.352 e. The van der Waals surface area contributed by atoms with E-state index in [4.69, 9.17) is 0 Å². The highest BCUT2D eigenvalue weighted by molar-refractivity contribution is 8.02. The van der Waals surface area contributed by atoms with E-state index >= 15 is 0 Å². The van der Waals surface area contributed by atoms with E-state index in [1.54, 1.807) is 11.8 Å². The largest absolute Gasteiger partial charge is 0.352 e. The number of anilines is 2. The zero-order valence-electron chi connectivity index (χ0n) is 18.7. The topological polar surface area (TPSA) is 78.5 Å². The van der Waals surface area contributed by atoms with Crippen LogP contribution >= 0.6 is 23.1 Å². The van der Waals surface area contributed by atoms with Crippen LogP contribution in [0.25, 0.3) is 0 Å². The number of nitrogens with one attached hydrogen (secondary N) is 2. The molecular formula is C24H29N3O3S2. The second-order valence-electron chi connectivity index (χ2n) is 8.28. The van der Waals surface area contributed by atoms with E-state index in [0.29, 0.717) is 23.7 Å². The van der Waals surface area contributed by atoms with Gasteiger partial charge in [0, 0.05) is 22.9 Å². The molecule has 1 aliphatic heterocycles. The summed E-state index contributed by atoms with van der Waals surface area (Å²) in [6.45, 7) is 6.67. The molecule has 1 atom stereocenters. The molecule has 6 nitrogen and oxygen atoms in total. The maximum Gasteiger partial charge on any atom is 0.254 e. The van der Waals surface area contributed by atoms with Crippen LogP contribution in [0.3, 0.4) is 0 Å². The monoisotopic (exact) mass is 471 g/mol. The third-order valence-electron chi connectivity index (χ3n) is 6.03. The fourth-order valence-electron chi connectivity index (χ4n) is 4.30. The Morgan fingerprint density at radius 1 is 1.16 bits per heavy atom. The third-order valence-corrected chi connectivity index (χ3v) is 8.57. The molecule has 4 rings (SSSR count). The highest BCUT2D eigenvalue weighted by Crippen LogP contribution is 2.46. The number of amides is 3. The molecule has 0 saturated carbocycles. The molecule has 1 aromatic heterocycles. The van der Waals surface area contributed by atoms with Gasteiger partial charge in [0.15, 0.2) is 4.75 Å². The number of fused-ring (bicyclic) bond motifs is 2. The van der Waals surface area contributed by atoms with Crippen LogP contribution in [0.4, 0.5) is 10.7 Å². The van der Waals surface area contributed by atoms with Crippen molar-refractivity contribution in [3.8, 4) is 0 Å². The number of hydrogen-bond acceptors (Lipinski definition) is 5. The number of benzene rings is 1. The number of thiophene rings is 1. The molecule has 1 aliphatic carbocycles. The Balaban J connectivity index is 1.67. The second-order valence-corrected chi connectivity index (χ2v) is 10.8. The van der Waals surface area contributed by atoms with Gasteiger partial charge in [-0.15, -0.1) is 11.3 Å². The number of thioether (sulfide) groups is 1. The lowest BCUT2D eigenvalue weighted by atomic mass is 9.95. The maximum atomic E-state index is 13.6. The highest BCUT2D eigenvalue weighted by Gasteiger charge is 2.49. The lowest BCUT2D eigenvalue weighted by Crippen LogP contribution is -2.54. The molecule has 2 aliphatic rings. The zero-order chi connectivity index (χ0) is 22.9. The summed E-state index contributed by atoms with van der Waals surface area (Å²) in [4.78, 5) is 43.7. The maximum absolute atomic E-state index is 13.6. The molecule has 1 unspecified atom stereocenters. The Hall–Kier alpha value is -2.32. The van der Waals surface area contributed by atoms with Crippen molar-refractivity contribution in [2.24, 2.45) is 0 Å². The van der Waals surface area contributed by atoms with E-state index < -0.39 is 4.75 Å². The van der Waals surface area contributed by atoms with Gasteiger partial charge in [0.05, 0.1) is 11.3 Å². The molecule has 0 spiro atoms. The van der Waals surface area contributed by atoms with Gasteiger partial charge < -0.3 is 15.5 Å². The molecule has 32 heavy (non-hydrogen) atoms. The lowest BCUT2D eigenvalue weighted by Gasteiger charge is -2.38. The van der Waals surface area contributed by atoms with Crippen molar-refractivity contribution >= 4 is 51.5 Å². The molecule has 2 heterocycles. The van der Waals surface area contributed by atoms with Crippen molar-refractivity contribution < 1.29 is 14.4 Å². The fourth-order valence-corrected chi connectivity index (χ4v) is 6.79. The summed E-state index contributed by atoms with van der Waals surface area (Å²) >= 11 is 2.76. The van der Waals surface area contributed by atoms with Crippen LogP contribution in [0.2, 0.25) is 0 Å². The second kappa shape index (κ2) is 9.27. The van der Waals surface area contributed by atoms with Crippen molar-refractivity contribution in [3.05, 3.63) is 40.3 Å². The van der Waals surface area contributed by atoms with Crippen LogP contribution in [0.5, 0.6) is 0 Å². The standard InChI is InChI=1S/C24H29N3O3S2/c1-4-14-25-20(28)19-15-10-6-8-12-17(15)31-21(19)26-22(29)24(3)23(30)27(5-2)16-11-7-9-13-18(16)32-24/h7,9,11,13H,4-6,8,10,12,14H2,1-3H3,(H,25,28)(H,26,29). The lowest BCUT2D eigenvalue weighted by molar-refractivity contribution is -0.128. The number of aryl methyl sites for hydroxylation is 1. The van der Waals surface area contributed by atoms with Gasteiger partial charge in [-0.2, -0.15) is 0 Å². The third kappa shape index (κ3) is 3.94. The van der Waals surface area contributed by atoms with Gasteiger partial charge in [-0.3, -0.25) is 14.4 Å². The van der Waals surface area contributed by atoms with Gasteiger partial charge in [0.25, 0.3) is 17.7 Å². The number of nitrogens with zero attached hydrogens (tertiary/aromatic N) is 1. The average molecular weight is 472 g/mol. The SMILES string of the molecule is CCCNC(=O)c1c(NC(=O)C2(C)Sc3ccccc3N(CC)C2=O)sc2c1CCCC2. The van der Waals surface area contributed by atoms with E-state index in [1.165, 1.54) is 28.0 Å². The molecule has 2 N–H and O–H groups in total. The summed E-state index contributed by atoms with van der Waals surface area (Å²) in [5.74, 6) is -0.766. The minimum absolute atomic E-state index is 0.144. The van der Waals surface area contributed by atoms with Crippen LogP contribution < -0.4 is 15.5 Å². The Morgan fingerprint density at radius 2 is 1.91 bits per heavy atom. The number of carbonyl (C=O) groups is 3. The number of carbonyl (C=O) groups excluding carboxylic acids is 3. The van der Waals surface area contributed by atoms with E-state index in [0.717, 1.165) is 48.3 Å². The van der Waals surface area contributed by atoms with Gasteiger partial charge in [-0.25, -0.2) is 0 Å². The molecule has 0 fully saturated rings. The quantitative estimate of drug-likeness (QED) is 0.603. The smallest absolute Gasteiger partial charge is 0.254 e. The summed E-state index contributed by atoms with van der Waals surface area (Å²) in [5, 5.41) is 6.52. The number of hydrogen-bond donors (Lipinski definition) is 2. The number of rotatable bonds is 6. The zero-order valence-corrected chi connectivity index (χ0v) is 20.4. The van der Waals surface area contributed by atoms with Gasteiger partial charge >= 0.3 is 0 Å². The first kappa shape index (κ1) is 22.9. The first-order valence-electron chi connectivity index (χ1n) is 11.2. The predicted octanol–water partition coefficient (Wildman–Crippen LogP) is 4.62. The number of para-hydroxylation sites is 1. The van der Waals surface area contributed by atoms with Crippen molar-refractivity contribution in [1.29, 1.82) is 0 Å². The van der Waals surface area contributed by atoms with Crippen molar-refractivity contribution in [1.82, 2.24) is 5.32 Å². The molecule has 2 aromatic rings. The first-order chi connectivity index (χ1) is 15.4. The van der Waals surface area contributed by atoms with Crippen LogP contribution in [0.15, 0.2) is 29.2 Å². The van der Waals surface area contributed by atoms with E-state index in [9.17, 15) is 14.4 Å². The van der Waals surface area contributed by atoms with Crippen molar-refractivity contribution in [2.45, 2.75) is 62.5 Å². The summed E-state index contributed by atoms with van der Waals surface area (Å²) in [6.07, 6.45) is 4.74. The first-order valence-corrected chi connectivity index (χ1v) is 12.9. The summed E-state index contributed by atoms with van der Waals surface area (Å²) in [6, 6.07) is 7.66.